The van der Waals surface area contributed by atoms with Gasteiger partial charge in [0.1, 0.15) is 0 Å². The average Bonchev–Trinajstić information content (AvgIpc) is 2.44. The lowest BCUT2D eigenvalue weighted by Crippen LogP contribution is -2.38. The maximum absolute atomic E-state index is 11.7. The number of aliphatic carboxylic acids is 1. The van der Waals surface area contributed by atoms with E-state index in [1.807, 2.05) is 0 Å². The van der Waals surface area contributed by atoms with Crippen molar-refractivity contribution >= 4 is 17.8 Å². The molecule has 20 heavy (non-hydrogen) atoms. The van der Waals surface area contributed by atoms with Gasteiger partial charge in [0.15, 0.2) is 0 Å². The van der Waals surface area contributed by atoms with Crippen molar-refractivity contribution in [3.05, 3.63) is 35.9 Å². The Kier molecular flexibility index (Phi) is 6.22. The molecule has 0 aliphatic carbocycles. The maximum atomic E-state index is 11.7. The average molecular weight is 278 g/mol. The van der Waals surface area contributed by atoms with Gasteiger partial charge in [-0.3, -0.25) is 14.4 Å². The van der Waals surface area contributed by atoms with Crippen molar-refractivity contribution in [1.82, 2.24) is 10.2 Å². The molecular formula is C14H18N2O4. The lowest BCUT2D eigenvalue weighted by atomic mass is 10.2. The highest BCUT2D eigenvalue weighted by Crippen LogP contribution is 1.98. The predicted octanol–water partition coefficient (Wildman–Crippen LogP) is 0.740. The van der Waals surface area contributed by atoms with Gasteiger partial charge in [-0.2, -0.15) is 0 Å². The molecule has 108 valence electrons. The molecule has 0 aliphatic rings. The van der Waals surface area contributed by atoms with Crippen molar-refractivity contribution in [3.8, 4) is 0 Å². The normalized spacial score (nSPS) is 9.85. The van der Waals surface area contributed by atoms with Crippen molar-refractivity contribution in [2.24, 2.45) is 0 Å². The Bertz CT molecular complexity index is 473. The number of amides is 2. The first-order valence-electron chi connectivity index (χ1n) is 6.29. The summed E-state index contributed by atoms with van der Waals surface area (Å²) in [4.78, 5) is 35.2. The minimum absolute atomic E-state index is 0.0218. The molecule has 0 aliphatic heterocycles. The van der Waals surface area contributed by atoms with Gasteiger partial charge < -0.3 is 15.3 Å². The molecule has 0 spiro atoms. The molecule has 0 fully saturated rings. The Morgan fingerprint density at radius 3 is 2.45 bits per heavy atom. The van der Waals surface area contributed by atoms with Crippen LogP contribution in [0.1, 0.15) is 23.2 Å². The molecule has 2 amide bonds. The van der Waals surface area contributed by atoms with Gasteiger partial charge in [0, 0.05) is 25.6 Å². The third kappa shape index (κ3) is 5.51. The lowest BCUT2D eigenvalue weighted by molar-refractivity contribution is -0.137. The summed E-state index contributed by atoms with van der Waals surface area (Å²) in [7, 11) is 1.58. The number of carboxylic acids is 1. The number of nitrogens with zero attached hydrogens (tertiary/aromatic N) is 1. The summed E-state index contributed by atoms with van der Waals surface area (Å²) in [6.07, 6.45) is 0.415. The summed E-state index contributed by atoms with van der Waals surface area (Å²) in [6.45, 7) is 0.254. The topological polar surface area (TPSA) is 86.7 Å². The second-order valence-electron chi connectivity index (χ2n) is 4.36. The molecular weight excluding hydrogens is 260 g/mol. The van der Waals surface area contributed by atoms with Gasteiger partial charge in [0.2, 0.25) is 5.91 Å². The Labute approximate surface area is 117 Å². The lowest BCUT2D eigenvalue weighted by Gasteiger charge is -2.16. The number of carbonyl (C=O) groups excluding carboxylic acids is 2. The van der Waals surface area contributed by atoms with Gasteiger partial charge in [-0.1, -0.05) is 18.2 Å². The van der Waals surface area contributed by atoms with Crippen molar-refractivity contribution in [2.75, 3.05) is 20.1 Å². The molecule has 0 radical (unpaired) electrons. The van der Waals surface area contributed by atoms with Crippen molar-refractivity contribution in [3.63, 3.8) is 0 Å². The Morgan fingerprint density at radius 1 is 1.20 bits per heavy atom. The van der Waals surface area contributed by atoms with E-state index >= 15 is 0 Å². The molecule has 0 atom stereocenters. The van der Waals surface area contributed by atoms with E-state index in [4.69, 9.17) is 5.11 Å². The van der Waals surface area contributed by atoms with Crippen LogP contribution in [0.2, 0.25) is 0 Å². The van der Waals surface area contributed by atoms with Crippen molar-refractivity contribution in [2.45, 2.75) is 12.8 Å². The van der Waals surface area contributed by atoms with Crippen LogP contribution in [0.5, 0.6) is 0 Å². The minimum atomic E-state index is -0.886. The second-order valence-corrected chi connectivity index (χ2v) is 4.36. The number of rotatable bonds is 7. The molecule has 0 saturated carbocycles. The highest BCUT2D eigenvalue weighted by molar-refractivity contribution is 5.96. The zero-order valence-corrected chi connectivity index (χ0v) is 11.3. The van der Waals surface area contributed by atoms with E-state index in [0.717, 1.165) is 0 Å². The molecule has 0 aromatic heterocycles. The SMILES string of the molecule is CN(CCCC(=O)O)C(=O)CNC(=O)c1ccccc1. The molecule has 6 heteroatoms. The molecule has 2 N–H and O–H groups in total. The smallest absolute Gasteiger partial charge is 0.303 e. The van der Waals surface area contributed by atoms with Crippen LogP contribution in [0.4, 0.5) is 0 Å². The molecule has 0 heterocycles. The van der Waals surface area contributed by atoms with Crippen LogP contribution >= 0.6 is 0 Å². The van der Waals surface area contributed by atoms with Gasteiger partial charge in [0.25, 0.3) is 5.91 Å². The molecule has 1 rings (SSSR count). The number of benzene rings is 1. The molecule has 1 aromatic carbocycles. The second kappa shape index (κ2) is 7.93. The van der Waals surface area contributed by atoms with Crippen LogP contribution < -0.4 is 5.32 Å². The predicted molar refractivity (Wildman–Crippen MR) is 73.3 cm³/mol. The number of carbonyl (C=O) groups is 3. The van der Waals surface area contributed by atoms with E-state index < -0.39 is 5.97 Å². The van der Waals surface area contributed by atoms with E-state index in [-0.39, 0.29) is 24.8 Å². The summed E-state index contributed by atoms with van der Waals surface area (Å²) in [5.41, 5.74) is 0.494. The molecule has 1 aromatic rings. The first-order valence-corrected chi connectivity index (χ1v) is 6.29. The van der Waals surface area contributed by atoms with Crippen LogP contribution in [0.15, 0.2) is 30.3 Å². The Morgan fingerprint density at radius 2 is 1.85 bits per heavy atom. The van der Waals surface area contributed by atoms with Gasteiger partial charge in [0.05, 0.1) is 6.54 Å². The van der Waals surface area contributed by atoms with E-state index in [2.05, 4.69) is 5.32 Å². The fourth-order valence-electron chi connectivity index (χ4n) is 1.57. The van der Waals surface area contributed by atoms with Gasteiger partial charge >= 0.3 is 5.97 Å². The van der Waals surface area contributed by atoms with Crippen LogP contribution in [0, 0.1) is 0 Å². The fraction of sp³-hybridized carbons (Fsp3) is 0.357. The maximum Gasteiger partial charge on any atom is 0.303 e. The van der Waals surface area contributed by atoms with Crippen LogP contribution in [-0.4, -0.2) is 47.9 Å². The zero-order valence-electron chi connectivity index (χ0n) is 11.3. The van der Waals surface area contributed by atoms with E-state index in [1.54, 1.807) is 37.4 Å². The standard InChI is InChI=1S/C14H18N2O4/c1-16(9-5-8-13(18)19)12(17)10-15-14(20)11-6-3-2-4-7-11/h2-4,6-7H,5,8-10H2,1H3,(H,15,20)(H,18,19). The van der Waals surface area contributed by atoms with Crippen molar-refractivity contribution < 1.29 is 19.5 Å². The Balaban J connectivity index is 2.32. The highest BCUT2D eigenvalue weighted by Gasteiger charge is 2.11. The van der Waals surface area contributed by atoms with E-state index in [0.29, 0.717) is 18.5 Å². The van der Waals surface area contributed by atoms with Crippen LogP contribution in [-0.2, 0) is 9.59 Å². The fourth-order valence-corrected chi connectivity index (χ4v) is 1.57. The van der Waals surface area contributed by atoms with E-state index in [9.17, 15) is 14.4 Å². The number of hydrogen-bond donors (Lipinski definition) is 2. The van der Waals surface area contributed by atoms with E-state index in [1.165, 1.54) is 4.90 Å². The monoisotopic (exact) mass is 278 g/mol. The summed E-state index contributed by atoms with van der Waals surface area (Å²) in [5, 5.41) is 11.0. The number of likely N-dealkylation sites (N-methyl/N-ethyl adjacent to an activating group) is 1. The molecule has 0 bridgehead atoms. The van der Waals surface area contributed by atoms with Crippen molar-refractivity contribution in [1.29, 1.82) is 0 Å². The quantitative estimate of drug-likeness (QED) is 0.770. The van der Waals surface area contributed by atoms with Crippen LogP contribution in [0.25, 0.3) is 0 Å². The third-order valence-electron chi connectivity index (χ3n) is 2.75. The summed E-state index contributed by atoms with van der Waals surface area (Å²) < 4.78 is 0. The Hall–Kier alpha value is -2.37. The van der Waals surface area contributed by atoms with Gasteiger partial charge in [-0.15, -0.1) is 0 Å². The largest absolute Gasteiger partial charge is 0.481 e. The number of hydrogen-bond acceptors (Lipinski definition) is 3. The van der Waals surface area contributed by atoms with Gasteiger partial charge in [-0.25, -0.2) is 0 Å². The van der Waals surface area contributed by atoms with Crippen LogP contribution in [0.3, 0.4) is 0 Å². The van der Waals surface area contributed by atoms with Gasteiger partial charge in [-0.05, 0) is 18.6 Å². The first kappa shape index (κ1) is 15.7. The summed E-state index contributed by atoms with van der Waals surface area (Å²) >= 11 is 0. The molecule has 0 saturated heterocycles. The zero-order chi connectivity index (χ0) is 15.0. The number of nitrogens with one attached hydrogen (secondary N) is 1. The third-order valence-corrected chi connectivity index (χ3v) is 2.75. The highest BCUT2D eigenvalue weighted by atomic mass is 16.4. The number of carboxylic acid groups (broad SMARTS) is 1. The summed E-state index contributed by atoms with van der Waals surface area (Å²) in [6, 6.07) is 8.62. The molecule has 0 unspecified atom stereocenters. The first-order chi connectivity index (χ1) is 9.50. The minimum Gasteiger partial charge on any atom is -0.481 e. The summed E-state index contributed by atoms with van der Waals surface area (Å²) in [5.74, 6) is -1.44. The molecule has 6 nitrogen and oxygen atoms in total.